The van der Waals surface area contributed by atoms with Crippen LogP contribution in [-0.4, -0.2) is 67.2 Å². The minimum atomic E-state index is -0.169. The van der Waals surface area contributed by atoms with Crippen LogP contribution in [0, 0.1) is 5.92 Å². The molecule has 3 aliphatic rings. The van der Waals surface area contributed by atoms with Gasteiger partial charge in [0.05, 0.1) is 19.8 Å². The summed E-state index contributed by atoms with van der Waals surface area (Å²) in [6.07, 6.45) is 3.91. The van der Waals surface area contributed by atoms with Crippen LogP contribution >= 0.6 is 0 Å². The fourth-order valence-corrected chi connectivity index (χ4v) is 4.94. The van der Waals surface area contributed by atoms with Crippen molar-refractivity contribution >= 4 is 6.09 Å². The van der Waals surface area contributed by atoms with Crippen LogP contribution in [0.15, 0.2) is 30.3 Å². The van der Waals surface area contributed by atoms with E-state index in [1.807, 2.05) is 11.8 Å². The Labute approximate surface area is 167 Å². The second kappa shape index (κ2) is 9.25. The van der Waals surface area contributed by atoms with Crippen LogP contribution in [-0.2, 0) is 20.8 Å². The van der Waals surface area contributed by atoms with Crippen molar-refractivity contribution in [3.8, 4) is 0 Å². The summed E-state index contributed by atoms with van der Waals surface area (Å²) < 4.78 is 16.7. The summed E-state index contributed by atoms with van der Waals surface area (Å²) in [5.41, 5.74) is 1.33. The lowest BCUT2D eigenvalue weighted by atomic mass is 10.0. The Hall–Kier alpha value is -1.63. The molecule has 1 aromatic rings. The normalized spacial score (nSPS) is 28.5. The molecule has 3 atom stereocenters. The number of carbonyl (C=O) groups is 1. The molecule has 3 fully saturated rings. The number of benzene rings is 1. The van der Waals surface area contributed by atoms with Crippen LogP contribution in [0.25, 0.3) is 0 Å². The molecule has 28 heavy (non-hydrogen) atoms. The van der Waals surface area contributed by atoms with Crippen molar-refractivity contribution in [1.29, 1.82) is 0 Å². The van der Waals surface area contributed by atoms with E-state index in [1.54, 1.807) is 0 Å². The molecule has 3 aliphatic heterocycles. The highest BCUT2D eigenvalue weighted by atomic mass is 16.7. The number of rotatable bonds is 6. The minimum absolute atomic E-state index is 0.0520. The number of fused-ring (bicyclic) bond motifs is 1. The average molecular weight is 389 g/mol. The van der Waals surface area contributed by atoms with Gasteiger partial charge in [-0.05, 0) is 44.1 Å². The molecule has 0 bridgehead atoms. The Bertz CT molecular complexity index is 635. The van der Waals surface area contributed by atoms with Gasteiger partial charge in [0, 0.05) is 31.7 Å². The summed E-state index contributed by atoms with van der Waals surface area (Å²) in [6, 6.07) is 11.5. The highest BCUT2D eigenvalue weighted by Crippen LogP contribution is 2.39. The topological polar surface area (TPSA) is 51.2 Å². The highest BCUT2D eigenvalue weighted by molar-refractivity contribution is 5.68. The van der Waals surface area contributed by atoms with Gasteiger partial charge in [0.1, 0.15) is 0 Å². The highest BCUT2D eigenvalue weighted by Gasteiger charge is 2.47. The van der Waals surface area contributed by atoms with Gasteiger partial charge in [-0.3, -0.25) is 4.90 Å². The Kier molecular flexibility index (Phi) is 6.50. The Morgan fingerprint density at radius 2 is 1.93 bits per heavy atom. The second-order valence-electron chi connectivity index (χ2n) is 8.08. The summed E-state index contributed by atoms with van der Waals surface area (Å²) in [5, 5.41) is 0. The summed E-state index contributed by atoms with van der Waals surface area (Å²) in [4.78, 5) is 16.7. The van der Waals surface area contributed by atoms with Crippen LogP contribution in [0.2, 0.25) is 0 Å². The van der Waals surface area contributed by atoms with Crippen molar-refractivity contribution in [3.05, 3.63) is 35.9 Å². The molecule has 0 aromatic heterocycles. The van der Waals surface area contributed by atoms with Gasteiger partial charge in [-0.25, -0.2) is 4.79 Å². The van der Waals surface area contributed by atoms with Crippen molar-refractivity contribution in [2.45, 2.75) is 57.5 Å². The Morgan fingerprint density at radius 3 is 2.68 bits per heavy atom. The Balaban J connectivity index is 1.42. The predicted molar refractivity (Wildman–Crippen MR) is 106 cm³/mol. The predicted octanol–water partition coefficient (Wildman–Crippen LogP) is 3.26. The van der Waals surface area contributed by atoms with Crippen molar-refractivity contribution in [2.75, 3.05) is 32.9 Å². The molecule has 0 spiro atoms. The van der Waals surface area contributed by atoms with E-state index >= 15 is 0 Å². The van der Waals surface area contributed by atoms with Gasteiger partial charge in [-0.1, -0.05) is 30.3 Å². The second-order valence-corrected chi connectivity index (χ2v) is 8.08. The molecule has 6 nitrogen and oxygen atoms in total. The third-order valence-electron chi connectivity index (χ3n) is 6.24. The number of hydrogen-bond donors (Lipinski definition) is 0. The molecule has 3 unspecified atom stereocenters. The van der Waals surface area contributed by atoms with Gasteiger partial charge in [-0.15, -0.1) is 0 Å². The molecule has 0 saturated carbocycles. The molecule has 4 rings (SSSR count). The molecule has 1 amide bonds. The van der Waals surface area contributed by atoms with E-state index in [0.29, 0.717) is 24.6 Å². The van der Waals surface area contributed by atoms with Crippen molar-refractivity contribution in [3.63, 3.8) is 0 Å². The number of hydrogen-bond acceptors (Lipinski definition) is 5. The molecule has 154 valence electrons. The molecular formula is C22H32N2O4. The van der Waals surface area contributed by atoms with E-state index in [2.05, 4.69) is 35.2 Å². The van der Waals surface area contributed by atoms with Crippen molar-refractivity contribution < 1.29 is 19.0 Å². The maximum absolute atomic E-state index is 12.2. The van der Waals surface area contributed by atoms with Gasteiger partial charge in [-0.2, -0.15) is 0 Å². The number of amides is 1. The van der Waals surface area contributed by atoms with Crippen LogP contribution in [0.4, 0.5) is 4.79 Å². The lowest BCUT2D eigenvalue weighted by Gasteiger charge is -2.32. The van der Waals surface area contributed by atoms with Crippen molar-refractivity contribution in [2.24, 2.45) is 5.92 Å². The smallest absolute Gasteiger partial charge is 0.409 e. The van der Waals surface area contributed by atoms with Gasteiger partial charge in [0.15, 0.2) is 6.29 Å². The first kappa shape index (κ1) is 19.7. The summed E-state index contributed by atoms with van der Waals surface area (Å²) in [7, 11) is 0. The van der Waals surface area contributed by atoms with Crippen LogP contribution in [0.1, 0.15) is 38.2 Å². The standard InChI is InChI=1S/C22H32N2O4/c1-2-26-22(25)23-15-18-13-19(9-10-21-27-11-6-12-28-21)24(20(18)16-23)14-17-7-4-3-5-8-17/h3-5,7-8,18-21H,2,6,9-16H2,1H3. The SMILES string of the molecule is CCOC(=O)N1CC2CC(CCC3OCCCO3)N(Cc3ccccc3)C2C1. The maximum Gasteiger partial charge on any atom is 0.409 e. The summed E-state index contributed by atoms with van der Waals surface area (Å²) >= 11 is 0. The number of nitrogens with zero attached hydrogens (tertiary/aromatic N) is 2. The molecule has 0 aliphatic carbocycles. The first-order chi connectivity index (χ1) is 13.7. The van der Waals surface area contributed by atoms with Crippen molar-refractivity contribution in [1.82, 2.24) is 9.80 Å². The van der Waals surface area contributed by atoms with E-state index < -0.39 is 0 Å². The fourth-order valence-electron chi connectivity index (χ4n) is 4.94. The van der Waals surface area contributed by atoms with Crippen LogP contribution < -0.4 is 0 Å². The molecule has 1 aromatic carbocycles. The fraction of sp³-hybridized carbons (Fsp3) is 0.682. The number of likely N-dealkylation sites (tertiary alicyclic amines) is 2. The Morgan fingerprint density at radius 1 is 1.14 bits per heavy atom. The first-order valence-corrected chi connectivity index (χ1v) is 10.7. The van der Waals surface area contributed by atoms with E-state index in [0.717, 1.165) is 58.5 Å². The van der Waals surface area contributed by atoms with Gasteiger partial charge >= 0.3 is 6.09 Å². The molecule has 3 heterocycles. The quantitative estimate of drug-likeness (QED) is 0.749. The minimum Gasteiger partial charge on any atom is -0.450 e. The zero-order chi connectivity index (χ0) is 19.3. The molecule has 0 radical (unpaired) electrons. The third-order valence-corrected chi connectivity index (χ3v) is 6.24. The average Bonchev–Trinajstić information content (AvgIpc) is 3.27. The molecular weight excluding hydrogens is 356 g/mol. The number of carbonyl (C=O) groups excluding carboxylic acids is 1. The number of ether oxygens (including phenoxy) is 3. The summed E-state index contributed by atoms with van der Waals surface area (Å²) in [6.45, 7) is 6.41. The van der Waals surface area contributed by atoms with Crippen LogP contribution in [0.5, 0.6) is 0 Å². The largest absolute Gasteiger partial charge is 0.450 e. The third kappa shape index (κ3) is 4.50. The van der Waals surface area contributed by atoms with Gasteiger partial charge in [0.25, 0.3) is 0 Å². The zero-order valence-electron chi connectivity index (χ0n) is 16.8. The zero-order valence-corrected chi connectivity index (χ0v) is 16.8. The summed E-state index contributed by atoms with van der Waals surface area (Å²) in [5.74, 6) is 0.520. The van der Waals surface area contributed by atoms with E-state index in [-0.39, 0.29) is 12.4 Å². The maximum atomic E-state index is 12.2. The monoisotopic (exact) mass is 388 g/mol. The lowest BCUT2D eigenvalue weighted by molar-refractivity contribution is -0.182. The van der Waals surface area contributed by atoms with Gasteiger partial charge in [0.2, 0.25) is 0 Å². The van der Waals surface area contributed by atoms with Gasteiger partial charge < -0.3 is 19.1 Å². The van der Waals surface area contributed by atoms with E-state index in [9.17, 15) is 4.79 Å². The molecule has 3 saturated heterocycles. The van der Waals surface area contributed by atoms with E-state index in [1.165, 1.54) is 5.56 Å². The van der Waals surface area contributed by atoms with E-state index in [4.69, 9.17) is 14.2 Å². The lowest BCUT2D eigenvalue weighted by Crippen LogP contribution is -2.41. The van der Waals surface area contributed by atoms with Crippen LogP contribution in [0.3, 0.4) is 0 Å². The first-order valence-electron chi connectivity index (χ1n) is 10.7. The molecule has 0 N–H and O–H groups in total. The molecule has 6 heteroatoms.